The first kappa shape index (κ1) is 12.1. The van der Waals surface area contributed by atoms with Crippen molar-refractivity contribution in [3.8, 4) is 0 Å². The zero-order chi connectivity index (χ0) is 12.1. The molecule has 1 aromatic rings. The van der Waals surface area contributed by atoms with Crippen molar-refractivity contribution in [3.05, 3.63) is 29.8 Å². The van der Waals surface area contributed by atoms with Gasteiger partial charge in [-0.05, 0) is 18.6 Å². The van der Waals surface area contributed by atoms with Crippen LogP contribution in [0.4, 0.5) is 4.39 Å². The number of nitrogens with zero attached hydrogens (tertiary/aromatic N) is 1. The monoisotopic (exact) mass is 226 g/mol. The van der Waals surface area contributed by atoms with Crippen LogP contribution in [0.2, 0.25) is 0 Å². The van der Waals surface area contributed by atoms with Gasteiger partial charge in [0.1, 0.15) is 6.04 Å². The smallest absolute Gasteiger partial charge is 0.326 e. The van der Waals surface area contributed by atoms with Crippen molar-refractivity contribution < 1.29 is 19.1 Å². The van der Waals surface area contributed by atoms with Gasteiger partial charge in [-0.1, -0.05) is 6.92 Å². The molecule has 0 saturated heterocycles. The van der Waals surface area contributed by atoms with Crippen molar-refractivity contribution in [1.29, 1.82) is 0 Å². The second-order valence-electron chi connectivity index (χ2n) is 3.14. The molecule has 0 bridgehead atoms. The Balaban J connectivity index is 2.71. The second kappa shape index (κ2) is 5.20. The molecule has 1 rings (SSSR count). The molecule has 0 radical (unpaired) electrons. The third-order valence-electron chi connectivity index (χ3n) is 2.00. The summed E-state index contributed by atoms with van der Waals surface area (Å²) in [6, 6.07) is 1.33. The maximum atomic E-state index is 12.5. The minimum atomic E-state index is -1.11. The highest BCUT2D eigenvalue weighted by atomic mass is 19.1. The van der Waals surface area contributed by atoms with Crippen LogP contribution in [0.5, 0.6) is 0 Å². The SMILES string of the molecule is CC[C@@H](NC(=O)c1ccc(F)nc1)C(=O)O. The Morgan fingerprint density at radius 3 is 2.69 bits per heavy atom. The number of nitrogens with one attached hydrogen (secondary N) is 1. The Morgan fingerprint density at radius 1 is 1.56 bits per heavy atom. The lowest BCUT2D eigenvalue weighted by Gasteiger charge is -2.11. The van der Waals surface area contributed by atoms with E-state index in [1.165, 1.54) is 6.07 Å². The van der Waals surface area contributed by atoms with Gasteiger partial charge < -0.3 is 10.4 Å². The molecule has 0 fully saturated rings. The Hall–Kier alpha value is -1.98. The van der Waals surface area contributed by atoms with Crippen LogP contribution in [0, 0.1) is 5.95 Å². The van der Waals surface area contributed by atoms with Gasteiger partial charge in [-0.15, -0.1) is 0 Å². The molecule has 86 valence electrons. The number of carbonyl (C=O) groups is 2. The topological polar surface area (TPSA) is 79.3 Å². The van der Waals surface area contributed by atoms with Gasteiger partial charge in [0, 0.05) is 6.20 Å². The number of amides is 1. The molecule has 0 aliphatic heterocycles. The summed E-state index contributed by atoms with van der Waals surface area (Å²) in [7, 11) is 0. The molecule has 0 spiro atoms. The molecule has 1 atom stereocenters. The highest BCUT2D eigenvalue weighted by Gasteiger charge is 2.18. The average molecular weight is 226 g/mol. The van der Waals surface area contributed by atoms with Gasteiger partial charge in [-0.2, -0.15) is 4.39 Å². The Kier molecular flexibility index (Phi) is 3.93. The fourth-order valence-electron chi connectivity index (χ4n) is 1.09. The Bertz CT molecular complexity index is 392. The van der Waals surface area contributed by atoms with Crippen molar-refractivity contribution in [2.75, 3.05) is 0 Å². The molecule has 0 aliphatic rings. The largest absolute Gasteiger partial charge is 0.480 e. The van der Waals surface area contributed by atoms with E-state index in [1.54, 1.807) is 6.92 Å². The van der Waals surface area contributed by atoms with Crippen LogP contribution < -0.4 is 5.32 Å². The van der Waals surface area contributed by atoms with Gasteiger partial charge in [0.25, 0.3) is 5.91 Å². The Labute approximate surface area is 91.3 Å². The maximum absolute atomic E-state index is 12.5. The first-order valence-electron chi connectivity index (χ1n) is 4.69. The minimum absolute atomic E-state index is 0.126. The standard InChI is InChI=1S/C10H11FN2O3/c1-2-7(10(15)16)13-9(14)6-3-4-8(11)12-5-6/h3-5,7H,2H2,1H3,(H,13,14)(H,15,16)/t7-/m1/s1. The number of aliphatic carboxylic acids is 1. The molecule has 2 N–H and O–H groups in total. The molecule has 0 aliphatic carbocycles. The molecule has 0 aromatic carbocycles. The third-order valence-corrected chi connectivity index (χ3v) is 2.00. The van der Waals surface area contributed by atoms with Crippen molar-refractivity contribution >= 4 is 11.9 Å². The average Bonchev–Trinajstić information content (AvgIpc) is 2.26. The molecule has 0 saturated carbocycles. The van der Waals surface area contributed by atoms with Crippen LogP contribution in [-0.2, 0) is 4.79 Å². The highest BCUT2D eigenvalue weighted by molar-refractivity contribution is 5.96. The molecule has 1 aromatic heterocycles. The van der Waals surface area contributed by atoms with Crippen LogP contribution in [0.3, 0.4) is 0 Å². The number of carbonyl (C=O) groups excluding carboxylic acids is 1. The van der Waals surface area contributed by atoms with Crippen molar-refractivity contribution in [2.45, 2.75) is 19.4 Å². The third kappa shape index (κ3) is 3.01. The summed E-state index contributed by atoms with van der Waals surface area (Å²) in [5.41, 5.74) is 0.126. The quantitative estimate of drug-likeness (QED) is 0.745. The van der Waals surface area contributed by atoms with Crippen LogP contribution in [-0.4, -0.2) is 28.0 Å². The predicted molar refractivity (Wildman–Crippen MR) is 53.4 cm³/mol. The van der Waals surface area contributed by atoms with Crippen LogP contribution in [0.15, 0.2) is 18.3 Å². The zero-order valence-electron chi connectivity index (χ0n) is 8.61. The number of carboxylic acids is 1. The molecule has 6 heteroatoms. The van der Waals surface area contributed by atoms with E-state index in [2.05, 4.69) is 10.3 Å². The lowest BCUT2D eigenvalue weighted by atomic mass is 10.2. The second-order valence-corrected chi connectivity index (χ2v) is 3.14. The normalized spacial score (nSPS) is 11.9. The van der Waals surface area contributed by atoms with Gasteiger partial charge in [0.2, 0.25) is 5.95 Å². The number of aromatic nitrogens is 1. The molecule has 5 nitrogen and oxygen atoms in total. The van der Waals surface area contributed by atoms with E-state index in [1.807, 2.05) is 0 Å². The fourth-order valence-corrected chi connectivity index (χ4v) is 1.09. The lowest BCUT2D eigenvalue weighted by Crippen LogP contribution is -2.40. The van der Waals surface area contributed by atoms with Gasteiger partial charge in [-0.25, -0.2) is 9.78 Å². The van der Waals surface area contributed by atoms with Gasteiger partial charge in [0.05, 0.1) is 5.56 Å². The summed E-state index contributed by atoms with van der Waals surface area (Å²) >= 11 is 0. The number of carboxylic acid groups (broad SMARTS) is 1. The fraction of sp³-hybridized carbons (Fsp3) is 0.300. The summed E-state index contributed by atoms with van der Waals surface area (Å²) in [5, 5.41) is 11.0. The minimum Gasteiger partial charge on any atom is -0.480 e. The Morgan fingerprint density at radius 2 is 2.25 bits per heavy atom. The van der Waals surface area contributed by atoms with E-state index >= 15 is 0 Å². The molecular formula is C10H11FN2O3. The first-order valence-corrected chi connectivity index (χ1v) is 4.69. The molecule has 1 amide bonds. The summed E-state index contributed by atoms with van der Waals surface area (Å²) in [4.78, 5) is 25.5. The van der Waals surface area contributed by atoms with Crippen molar-refractivity contribution in [1.82, 2.24) is 10.3 Å². The van der Waals surface area contributed by atoms with E-state index in [9.17, 15) is 14.0 Å². The van der Waals surface area contributed by atoms with Crippen LogP contribution in [0.25, 0.3) is 0 Å². The van der Waals surface area contributed by atoms with Crippen molar-refractivity contribution in [2.24, 2.45) is 0 Å². The van der Waals surface area contributed by atoms with E-state index in [0.29, 0.717) is 0 Å². The van der Waals surface area contributed by atoms with Crippen LogP contribution >= 0.6 is 0 Å². The van der Waals surface area contributed by atoms with Crippen LogP contribution in [0.1, 0.15) is 23.7 Å². The summed E-state index contributed by atoms with van der Waals surface area (Å²) in [6.07, 6.45) is 1.33. The number of halogens is 1. The summed E-state index contributed by atoms with van der Waals surface area (Å²) in [6.45, 7) is 1.64. The van der Waals surface area contributed by atoms with Gasteiger partial charge in [0.15, 0.2) is 0 Å². The predicted octanol–water partition coefficient (Wildman–Crippen LogP) is 0.814. The molecule has 0 unspecified atom stereocenters. The lowest BCUT2D eigenvalue weighted by molar-refractivity contribution is -0.139. The molecule has 1 heterocycles. The van der Waals surface area contributed by atoms with E-state index < -0.39 is 23.9 Å². The maximum Gasteiger partial charge on any atom is 0.326 e. The molecule has 16 heavy (non-hydrogen) atoms. The molecular weight excluding hydrogens is 215 g/mol. The number of pyridine rings is 1. The van der Waals surface area contributed by atoms with Gasteiger partial charge >= 0.3 is 5.97 Å². The number of rotatable bonds is 4. The van der Waals surface area contributed by atoms with E-state index in [4.69, 9.17) is 5.11 Å². The number of hydrogen-bond donors (Lipinski definition) is 2. The number of hydrogen-bond acceptors (Lipinski definition) is 3. The zero-order valence-corrected chi connectivity index (χ0v) is 8.61. The first-order chi connectivity index (χ1) is 7.54. The summed E-state index contributed by atoms with van der Waals surface area (Å²) < 4.78 is 12.5. The van der Waals surface area contributed by atoms with E-state index in [0.717, 1.165) is 12.3 Å². The highest BCUT2D eigenvalue weighted by Crippen LogP contribution is 2.00. The van der Waals surface area contributed by atoms with Gasteiger partial charge in [-0.3, -0.25) is 4.79 Å². The van der Waals surface area contributed by atoms with Crippen molar-refractivity contribution in [3.63, 3.8) is 0 Å². The summed E-state index contributed by atoms with van der Waals surface area (Å²) in [5.74, 6) is -2.38. The van der Waals surface area contributed by atoms with E-state index in [-0.39, 0.29) is 12.0 Å².